The van der Waals surface area contributed by atoms with Gasteiger partial charge in [0.1, 0.15) is 0 Å². The van der Waals surface area contributed by atoms with Crippen molar-refractivity contribution in [3.05, 3.63) is 23.8 Å². The highest BCUT2D eigenvalue weighted by molar-refractivity contribution is 6.00. The smallest absolute Gasteiger partial charge is 0.251 e. The molecule has 0 spiro atoms. The minimum Gasteiger partial charge on any atom is -0.383 e. The third-order valence-corrected chi connectivity index (χ3v) is 2.63. The van der Waals surface area contributed by atoms with Crippen molar-refractivity contribution >= 4 is 29.1 Å². The quantitative estimate of drug-likeness (QED) is 0.739. The van der Waals surface area contributed by atoms with Crippen molar-refractivity contribution in [3.63, 3.8) is 0 Å². The number of hydrogen-bond donors (Lipinski definition) is 3. The maximum absolute atomic E-state index is 12.2. The van der Waals surface area contributed by atoms with E-state index < -0.39 is 0 Å². The van der Waals surface area contributed by atoms with Gasteiger partial charge in [0.25, 0.3) is 5.91 Å². The van der Waals surface area contributed by atoms with Crippen LogP contribution in [0.15, 0.2) is 18.2 Å². The number of ether oxygens (including phenoxy) is 1. The molecule has 0 saturated heterocycles. The predicted molar refractivity (Wildman–Crippen MR) is 83.9 cm³/mol. The standard InChI is InChI=1S/C15H21N3O4/c1-9(8-22-4)16-15(21)12-5-13(17-10(2)19)7-14(6-12)18-11(3)20/h5-7,9H,8H2,1-4H3,(H,16,21)(H,17,19)(H,18,20). The second-order valence-corrected chi connectivity index (χ2v) is 4.99. The molecule has 7 heteroatoms. The molecule has 1 atom stereocenters. The minimum absolute atomic E-state index is 0.161. The summed E-state index contributed by atoms with van der Waals surface area (Å²) in [5.74, 6) is -0.846. The molecule has 0 bridgehead atoms. The maximum atomic E-state index is 12.2. The number of benzene rings is 1. The first-order valence-electron chi connectivity index (χ1n) is 6.82. The first kappa shape index (κ1) is 17.6. The molecule has 0 aliphatic heterocycles. The van der Waals surface area contributed by atoms with Crippen LogP contribution in [0.2, 0.25) is 0 Å². The third kappa shape index (κ3) is 5.92. The Labute approximate surface area is 129 Å². The number of methoxy groups -OCH3 is 1. The zero-order valence-electron chi connectivity index (χ0n) is 13.1. The number of nitrogens with one attached hydrogen (secondary N) is 3. The van der Waals surface area contributed by atoms with Crippen molar-refractivity contribution in [1.29, 1.82) is 0 Å². The van der Waals surface area contributed by atoms with Crippen LogP contribution in [0.3, 0.4) is 0 Å². The lowest BCUT2D eigenvalue weighted by atomic mass is 10.1. The molecule has 0 aliphatic rings. The average molecular weight is 307 g/mol. The van der Waals surface area contributed by atoms with Gasteiger partial charge >= 0.3 is 0 Å². The average Bonchev–Trinajstić information content (AvgIpc) is 2.36. The molecule has 0 heterocycles. The van der Waals surface area contributed by atoms with E-state index in [0.717, 1.165) is 0 Å². The summed E-state index contributed by atoms with van der Waals surface area (Å²) < 4.78 is 4.96. The van der Waals surface area contributed by atoms with Gasteiger partial charge in [0, 0.05) is 43.9 Å². The van der Waals surface area contributed by atoms with Crippen LogP contribution in [-0.4, -0.2) is 37.5 Å². The molecular weight excluding hydrogens is 286 g/mol. The van der Waals surface area contributed by atoms with Gasteiger partial charge < -0.3 is 20.7 Å². The predicted octanol–water partition coefficient (Wildman–Crippen LogP) is 1.37. The summed E-state index contributed by atoms with van der Waals surface area (Å²) in [5.41, 5.74) is 1.20. The molecule has 0 aromatic heterocycles. The highest BCUT2D eigenvalue weighted by Gasteiger charge is 2.13. The van der Waals surface area contributed by atoms with E-state index in [1.807, 2.05) is 6.92 Å². The number of carbonyl (C=O) groups excluding carboxylic acids is 3. The lowest BCUT2D eigenvalue weighted by Crippen LogP contribution is -2.35. The summed E-state index contributed by atoms with van der Waals surface area (Å²) in [6.45, 7) is 4.93. The molecule has 0 saturated carbocycles. The fourth-order valence-electron chi connectivity index (χ4n) is 1.91. The van der Waals surface area contributed by atoms with Crippen LogP contribution in [0.4, 0.5) is 11.4 Å². The van der Waals surface area contributed by atoms with Gasteiger partial charge in [-0.3, -0.25) is 14.4 Å². The monoisotopic (exact) mass is 307 g/mol. The molecule has 1 unspecified atom stereocenters. The Kier molecular flexibility index (Phi) is 6.52. The molecule has 7 nitrogen and oxygen atoms in total. The van der Waals surface area contributed by atoms with Crippen LogP contribution in [0.5, 0.6) is 0 Å². The van der Waals surface area contributed by atoms with Gasteiger partial charge in [0.2, 0.25) is 11.8 Å². The molecule has 120 valence electrons. The molecule has 3 N–H and O–H groups in total. The zero-order chi connectivity index (χ0) is 16.7. The summed E-state index contributed by atoms with van der Waals surface area (Å²) >= 11 is 0. The first-order valence-corrected chi connectivity index (χ1v) is 6.82. The summed E-state index contributed by atoms with van der Waals surface area (Å²) in [7, 11) is 1.55. The molecule has 1 rings (SSSR count). The molecule has 3 amide bonds. The lowest BCUT2D eigenvalue weighted by molar-refractivity contribution is -0.115. The summed E-state index contributed by atoms with van der Waals surface area (Å²) in [6, 6.07) is 4.51. The topological polar surface area (TPSA) is 96.5 Å². The third-order valence-electron chi connectivity index (χ3n) is 2.63. The molecule has 0 aliphatic carbocycles. The second kappa shape index (κ2) is 8.14. The summed E-state index contributed by atoms with van der Waals surface area (Å²) in [4.78, 5) is 34.6. The Balaban J connectivity index is 3.02. The van der Waals surface area contributed by atoms with Crippen LogP contribution < -0.4 is 16.0 Å². The minimum atomic E-state index is -0.316. The van der Waals surface area contributed by atoms with Crippen LogP contribution >= 0.6 is 0 Å². The van der Waals surface area contributed by atoms with Gasteiger partial charge in [0.15, 0.2) is 0 Å². The number of amides is 3. The summed E-state index contributed by atoms with van der Waals surface area (Å²) in [6.07, 6.45) is 0. The Bertz CT molecular complexity index is 538. The normalized spacial score (nSPS) is 11.5. The number of hydrogen-bond acceptors (Lipinski definition) is 4. The van der Waals surface area contributed by atoms with Crippen LogP contribution in [0, 0.1) is 0 Å². The van der Waals surface area contributed by atoms with Crippen LogP contribution in [0.25, 0.3) is 0 Å². The second-order valence-electron chi connectivity index (χ2n) is 4.99. The Morgan fingerprint density at radius 1 is 1.05 bits per heavy atom. The largest absolute Gasteiger partial charge is 0.383 e. The van der Waals surface area contributed by atoms with Crippen molar-refractivity contribution in [2.24, 2.45) is 0 Å². The highest BCUT2D eigenvalue weighted by atomic mass is 16.5. The van der Waals surface area contributed by atoms with Crippen LogP contribution in [-0.2, 0) is 14.3 Å². The van der Waals surface area contributed by atoms with E-state index in [0.29, 0.717) is 23.5 Å². The van der Waals surface area contributed by atoms with E-state index in [1.54, 1.807) is 25.3 Å². The molecular formula is C15H21N3O4. The molecule has 1 aromatic carbocycles. The van der Waals surface area contributed by atoms with Crippen LogP contribution in [0.1, 0.15) is 31.1 Å². The van der Waals surface area contributed by atoms with Gasteiger partial charge in [-0.05, 0) is 25.1 Å². The number of carbonyl (C=O) groups is 3. The van der Waals surface area contributed by atoms with E-state index in [-0.39, 0.29) is 23.8 Å². The van der Waals surface area contributed by atoms with Crippen molar-refractivity contribution < 1.29 is 19.1 Å². The van der Waals surface area contributed by atoms with Crippen molar-refractivity contribution in [2.45, 2.75) is 26.8 Å². The first-order chi connectivity index (χ1) is 10.3. The van der Waals surface area contributed by atoms with E-state index in [1.165, 1.54) is 13.8 Å². The SMILES string of the molecule is COCC(C)NC(=O)c1cc(NC(C)=O)cc(NC(C)=O)c1. The molecule has 1 aromatic rings. The maximum Gasteiger partial charge on any atom is 0.251 e. The Morgan fingerprint density at radius 3 is 1.95 bits per heavy atom. The fourth-order valence-corrected chi connectivity index (χ4v) is 1.91. The van der Waals surface area contributed by atoms with Gasteiger partial charge in [-0.2, -0.15) is 0 Å². The fraction of sp³-hybridized carbons (Fsp3) is 0.400. The van der Waals surface area contributed by atoms with Gasteiger partial charge in [-0.15, -0.1) is 0 Å². The molecule has 0 fully saturated rings. The van der Waals surface area contributed by atoms with Gasteiger partial charge in [-0.1, -0.05) is 0 Å². The lowest BCUT2D eigenvalue weighted by Gasteiger charge is -2.14. The summed E-state index contributed by atoms with van der Waals surface area (Å²) in [5, 5.41) is 7.96. The van der Waals surface area contributed by atoms with E-state index in [2.05, 4.69) is 16.0 Å². The van der Waals surface area contributed by atoms with Crippen molar-refractivity contribution in [3.8, 4) is 0 Å². The van der Waals surface area contributed by atoms with Gasteiger partial charge in [-0.25, -0.2) is 0 Å². The number of anilines is 2. The molecule has 0 radical (unpaired) electrons. The Hall–Kier alpha value is -2.41. The van der Waals surface area contributed by atoms with E-state index in [9.17, 15) is 14.4 Å². The highest BCUT2D eigenvalue weighted by Crippen LogP contribution is 2.19. The van der Waals surface area contributed by atoms with Crippen molar-refractivity contribution in [1.82, 2.24) is 5.32 Å². The zero-order valence-corrected chi connectivity index (χ0v) is 13.1. The van der Waals surface area contributed by atoms with E-state index >= 15 is 0 Å². The van der Waals surface area contributed by atoms with Gasteiger partial charge in [0.05, 0.1) is 6.61 Å². The van der Waals surface area contributed by atoms with E-state index in [4.69, 9.17) is 4.74 Å². The van der Waals surface area contributed by atoms with Crippen molar-refractivity contribution in [2.75, 3.05) is 24.4 Å². The Morgan fingerprint density at radius 2 is 1.55 bits per heavy atom. The number of rotatable bonds is 6. The molecule has 22 heavy (non-hydrogen) atoms.